The van der Waals surface area contributed by atoms with Gasteiger partial charge in [0.05, 0.1) is 0 Å². The first-order valence-corrected chi connectivity index (χ1v) is 18.7. The molecule has 4 amide bonds. The van der Waals surface area contributed by atoms with Gasteiger partial charge in [0.1, 0.15) is 23.1 Å². The SMILES string of the molecule is C.CC(C)(C)OC(=O)CBr.CC(C)(C)OC(=O)CN1C(=O)OC2(CCc3cc(Br)ccc32)C1=O.O=C1NC(=O)C2(CCc3cc(Br)ccc32)O1.O=CO[O-].[H-].[K+].[K+]. The molecule has 2 aromatic rings. The first-order valence-electron chi connectivity index (χ1n) is 16.0. The maximum atomic E-state index is 12.8. The molecule has 0 radical (unpaired) electrons. The van der Waals surface area contributed by atoms with Crippen LogP contribution in [0.5, 0.6) is 0 Å². The summed E-state index contributed by atoms with van der Waals surface area (Å²) in [5.41, 5.74) is 0.0829. The Kier molecular flexibility index (Phi) is 23.2. The number of alkyl halides is 1. The summed E-state index contributed by atoms with van der Waals surface area (Å²) in [6.45, 7) is 10.1. The monoisotopic (exact) mass is 1030 g/mol. The van der Waals surface area contributed by atoms with E-state index in [0.717, 1.165) is 37.0 Å². The van der Waals surface area contributed by atoms with Crippen molar-refractivity contribution in [1.29, 1.82) is 0 Å². The summed E-state index contributed by atoms with van der Waals surface area (Å²) in [7, 11) is 0. The van der Waals surface area contributed by atoms with E-state index < -0.39 is 47.4 Å². The zero-order valence-corrected chi connectivity index (χ0v) is 42.7. The predicted molar refractivity (Wildman–Crippen MR) is 202 cm³/mol. The van der Waals surface area contributed by atoms with E-state index in [-0.39, 0.29) is 141 Å². The molecule has 20 heteroatoms. The number of nitrogens with one attached hydrogen (secondary N) is 1. The maximum absolute atomic E-state index is 12.8. The van der Waals surface area contributed by atoms with Crippen molar-refractivity contribution in [2.24, 2.45) is 0 Å². The van der Waals surface area contributed by atoms with Gasteiger partial charge in [0.25, 0.3) is 18.3 Å². The number of aryl methyl sites for hydroxylation is 2. The summed E-state index contributed by atoms with van der Waals surface area (Å²) in [5.74, 6) is -1.71. The number of esters is 2. The molecule has 2 fully saturated rings. The minimum absolute atomic E-state index is 0. The molecule has 1 N–H and O–H groups in total. The van der Waals surface area contributed by atoms with Crippen molar-refractivity contribution in [2.45, 2.75) is 97.1 Å². The summed E-state index contributed by atoms with van der Waals surface area (Å²) >= 11 is 9.77. The van der Waals surface area contributed by atoms with Gasteiger partial charge < -0.3 is 30.5 Å². The number of halogens is 3. The molecule has 2 aliphatic heterocycles. The van der Waals surface area contributed by atoms with E-state index in [1.54, 1.807) is 26.8 Å². The molecule has 6 rings (SSSR count). The van der Waals surface area contributed by atoms with Gasteiger partial charge in [-0.2, -0.15) is 0 Å². The number of alkyl carbamates (subject to hydrolysis) is 1. The Hall–Kier alpha value is -0.597. The Morgan fingerprint density at radius 1 is 0.857 bits per heavy atom. The summed E-state index contributed by atoms with van der Waals surface area (Å²) in [6.07, 6.45) is 0.830. The molecule has 56 heavy (non-hydrogen) atoms. The van der Waals surface area contributed by atoms with Crippen molar-refractivity contribution in [3.8, 4) is 0 Å². The van der Waals surface area contributed by atoms with Gasteiger partial charge in [0, 0.05) is 32.9 Å². The second-order valence-corrected chi connectivity index (χ2v) is 16.3. The molecule has 2 saturated heterocycles. The fraction of sp³-hybridized carbons (Fsp3) is 0.472. The largest absolute Gasteiger partial charge is 1.00 e. The van der Waals surface area contributed by atoms with Crippen molar-refractivity contribution in [3.63, 3.8) is 0 Å². The van der Waals surface area contributed by atoms with E-state index in [1.165, 1.54) is 0 Å². The average molecular weight is 1030 g/mol. The van der Waals surface area contributed by atoms with Crippen molar-refractivity contribution in [2.75, 3.05) is 11.9 Å². The number of rotatable bonds is 4. The van der Waals surface area contributed by atoms with Crippen LogP contribution in [0.3, 0.4) is 0 Å². The molecular formula is C36H43Br3K2N2O13. The summed E-state index contributed by atoms with van der Waals surface area (Å²) in [5, 5.41) is 10.9. The molecule has 298 valence electrons. The molecule has 0 bridgehead atoms. The van der Waals surface area contributed by atoms with E-state index in [9.17, 15) is 28.8 Å². The smallest absolute Gasteiger partial charge is 1.00 e. The third kappa shape index (κ3) is 14.5. The molecule has 15 nitrogen and oxygen atoms in total. The minimum atomic E-state index is -1.31. The fourth-order valence-electron chi connectivity index (χ4n) is 5.87. The van der Waals surface area contributed by atoms with Crippen LogP contribution in [0.2, 0.25) is 0 Å². The molecule has 2 aliphatic carbocycles. The molecule has 2 spiro atoms. The molecule has 2 heterocycles. The molecule has 2 aromatic carbocycles. The molecule has 2 atom stereocenters. The molecule has 2 unspecified atom stereocenters. The number of benzene rings is 2. The van der Waals surface area contributed by atoms with Crippen molar-refractivity contribution in [1.82, 2.24) is 10.2 Å². The maximum Gasteiger partial charge on any atom is 1.00 e. The number of carbonyl (C=O) groups is 7. The molecular weight excluding hydrogens is 986 g/mol. The Labute approximate surface area is 437 Å². The van der Waals surface area contributed by atoms with Crippen LogP contribution in [0.4, 0.5) is 9.59 Å². The van der Waals surface area contributed by atoms with E-state index in [4.69, 9.17) is 29.0 Å². The van der Waals surface area contributed by atoms with Gasteiger partial charge in [-0.25, -0.2) is 14.5 Å². The summed E-state index contributed by atoms with van der Waals surface area (Å²) in [4.78, 5) is 82.6. The van der Waals surface area contributed by atoms with Crippen LogP contribution in [-0.2, 0) is 71.9 Å². The van der Waals surface area contributed by atoms with Crippen molar-refractivity contribution < 1.29 is 167 Å². The van der Waals surface area contributed by atoms with Gasteiger partial charge in [-0.1, -0.05) is 67.3 Å². The van der Waals surface area contributed by atoms with Gasteiger partial charge in [-0.15, -0.1) is 0 Å². The Morgan fingerprint density at radius 3 is 1.70 bits per heavy atom. The van der Waals surface area contributed by atoms with Crippen molar-refractivity contribution in [3.05, 3.63) is 67.6 Å². The first kappa shape index (κ1) is 55.4. The zero-order valence-electron chi connectivity index (χ0n) is 32.7. The number of amides is 4. The van der Waals surface area contributed by atoms with Crippen LogP contribution in [0.25, 0.3) is 0 Å². The Balaban J connectivity index is 0. The van der Waals surface area contributed by atoms with Gasteiger partial charge in [0.2, 0.25) is 11.2 Å². The van der Waals surface area contributed by atoms with Crippen LogP contribution in [0.1, 0.15) is 85.5 Å². The molecule has 0 aromatic heterocycles. The Bertz CT molecular complexity index is 1790. The number of imide groups is 2. The van der Waals surface area contributed by atoms with Gasteiger partial charge in [0.15, 0.2) is 0 Å². The number of hydrogen-bond acceptors (Lipinski definition) is 13. The molecule has 0 saturated carbocycles. The normalized spacial score (nSPS) is 19.6. The zero-order chi connectivity index (χ0) is 39.9. The number of fused-ring (bicyclic) bond motifs is 4. The van der Waals surface area contributed by atoms with Crippen LogP contribution < -0.4 is 113 Å². The molecule has 4 aliphatic rings. The van der Waals surface area contributed by atoms with E-state index in [1.807, 2.05) is 51.1 Å². The van der Waals surface area contributed by atoms with Gasteiger partial charge in [-0.05, 0) is 89.8 Å². The van der Waals surface area contributed by atoms with Gasteiger partial charge >= 0.3 is 127 Å². The van der Waals surface area contributed by atoms with Crippen molar-refractivity contribution >= 4 is 90.2 Å². The number of carbonyl (C=O) groups excluding carboxylic acids is 7. The second-order valence-electron chi connectivity index (χ2n) is 13.9. The third-order valence-corrected chi connectivity index (χ3v) is 9.14. The first-order chi connectivity index (χ1) is 24.6. The van der Waals surface area contributed by atoms with E-state index in [0.29, 0.717) is 24.8 Å². The fourth-order valence-corrected chi connectivity index (χ4v) is 6.80. The van der Waals surface area contributed by atoms with E-state index in [2.05, 4.69) is 58.0 Å². The summed E-state index contributed by atoms with van der Waals surface area (Å²) in [6, 6.07) is 11.2. The topological polar surface area (TPSA) is 204 Å². The second kappa shape index (κ2) is 23.4. The van der Waals surface area contributed by atoms with E-state index >= 15 is 0 Å². The van der Waals surface area contributed by atoms with Crippen LogP contribution >= 0.6 is 47.8 Å². The quantitative estimate of drug-likeness (QED) is 0.0796. The number of ether oxygens (including phenoxy) is 4. The predicted octanol–water partition coefficient (Wildman–Crippen LogP) is -0.318. The third-order valence-electron chi connectivity index (χ3n) is 7.70. The van der Waals surface area contributed by atoms with Crippen LogP contribution in [0.15, 0.2) is 45.3 Å². The van der Waals surface area contributed by atoms with Crippen LogP contribution in [0, 0.1) is 0 Å². The number of nitrogens with zero attached hydrogens (tertiary/aromatic N) is 1. The summed E-state index contributed by atoms with van der Waals surface area (Å²) < 4.78 is 22.6. The average Bonchev–Trinajstić information content (AvgIpc) is 3.75. The van der Waals surface area contributed by atoms with Gasteiger partial charge in [-0.3, -0.25) is 29.3 Å². The Morgan fingerprint density at radius 2 is 1.30 bits per heavy atom. The minimum Gasteiger partial charge on any atom is -1.00 e. The van der Waals surface area contributed by atoms with Crippen LogP contribution in [-0.4, -0.2) is 70.4 Å². The standard InChI is InChI=1S/C17H18BrNO5.C11H8BrNO3.C6H11BrO2.CH2O3.CH4.2K.H/c1-16(2,3)23-13(20)9-19-14(21)17(24-15(19)22)7-6-10-8-11(18)4-5-12(10)17;12-7-1-2-8-6(5-7)3-4-11(8)9(14)13-10(15)16-11;1-6(2,3)9-5(8)4-7;2-1-4-3;;;;/h4-5,8H,6-7,9H2,1-3H3;1-2,5H,3-4H2,(H,13,14,15);4H2,1-3H3;1,3H;1H4;;;/q;;;;;2*+1;-1/p-1. The number of hydrogen-bond donors (Lipinski definition) is 1.